The molecule has 0 saturated carbocycles. The van der Waals surface area contributed by atoms with E-state index in [9.17, 15) is 4.79 Å². The second-order valence-electron chi connectivity index (χ2n) is 9.50. The molecular formula is C27H30N2O4. The van der Waals surface area contributed by atoms with Gasteiger partial charge in [0.2, 0.25) is 0 Å². The Hall–Kier alpha value is -3.26. The van der Waals surface area contributed by atoms with Gasteiger partial charge in [-0.2, -0.15) is 14.9 Å². The van der Waals surface area contributed by atoms with Crippen molar-refractivity contribution in [1.82, 2.24) is 4.98 Å². The minimum absolute atomic E-state index is 0.0216. The van der Waals surface area contributed by atoms with Crippen LogP contribution in [0.2, 0.25) is 0 Å². The molecule has 1 saturated heterocycles. The van der Waals surface area contributed by atoms with Crippen LogP contribution < -0.4 is 0 Å². The van der Waals surface area contributed by atoms with E-state index >= 15 is 0 Å². The number of hydrogen-bond acceptors (Lipinski definition) is 5. The topological polar surface area (TPSA) is 100 Å². The van der Waals surface area contributed by atoms with Gasteiger partial charge in [0.15, 0.2) is 5.78 Å². The highest BCUT2D eigenvalue weighted by atomic mass is 16.5. The number of ketones is 1. The van der Waals surface area contributed by atoms with E-state index in [2.05, 4.69) is 49.2 Å². The quantitative estimate of drug-likeness (QED) is 0.635. The Kier molecular flexibility index (Phi) is 8.16. The summed E-state index contributed by atoms with van der Waals surface area (Å²) in [5.41, 5.74) is 6.38. The lowest BCUT2D eigenvalue weighted by atomic mass is 9.75. The first kappa shape index (κ1) is 24.4. The summed E-state index contributed by atoms with van der Waals surface area (Å²) in [4.78, 5) is 32.1. The largest absolute Gasteiger partial charge is 0.381 e. The highest BCUT2D eigenvalue weighted by molar-refractivity contribution is 5.97. The normalized spacial score (nSPS) is 17.7. The van der Waals surface area contributed by atoms with E-state index in [4.69, 9.17) is 19.6 Å². The molecule has 0 amide bonds. The number of rotatable bonds is 5. The minimum Gasteiger partial charge on any atom is -0.381 e. The zero-order valence-electron chi connectivity index (χ0n) is 19.3. The Bertz CT molecular complexity index is 1090. The van der Waals surface area contributed by atoms with Crippen LogP contribution in [-0.2, 0) is 20.7 Å². The van der Waals surface area contributed by atoms with Crippen LogP contribution >= 0.6 is 0 Å². The van der Waals surface area contributed by atoms with Gasteiger partial charge in [0.1, 0.15) is 6.07 Å². The molecule has 1 fully saturated rings. The van der Waals surface area contributed by atoms with Crippen molar-refractivity contribution < 1.29 is 19.1 Å². The van der Waals surface area contributed by atoms with E-state index in [1.54, 1.807) is 12.3 Å². The van der Waals surface area contributed by atoms with E-state index in [1.165, 1.54) is 16.7 Å². The van der Waals surface area contributed by atoms with Crippen LogP contribution in [0.25, 0.3) is 5.57 Å². The molecule has 2 aliphatic rings. The molecule has 6 nitrogen and oxygen atoms in total. The smallest absolute Gasteiger partial charge is 0.373 e. The molecule has 1 aliphatic carbocycles. The monoisotopic (exact) mass is 446 g/mol. The van der Waals surface area contributed by atoms with Gasteiger partial charge in [-0.05, 0) is 71.8 Å². The molecule has 0 radical (unpaired) electrons. The molecule has 6 heteroatoms. The van der Waals surface area contributed by atoms with E-state index in [-0.39, 0.29) is 11.9 Å². The lowest BCUT2D eigenvalue weighted by Gasteiger charge is -2.30. The molecule has 0 spiro atoms. The average molecular weight is 447 g/mol. The van der Waals surface area contributed by atoms with Gasteiger partial charge < -0.3 is 9.72 Å². The highest BCUT2D eigenvalue weighted by Gasteiger charge is 2.25. The number of H-pyrrole nitrogens is 1. The van der Waals surface area contributed by atoms with Crippen molar-refractivity contribution in [3.8, 4) is 6.07 Å². The molecule has 2 heterocycles. The third-order valence-electron chi connectivity index (χ3n) is 6.61. The number of nitrogens with zero attached hydrogens (tertiary/aromatic N) is 1. The zero-order chi connectivity index (χ0) is 23.8. The number of nitrogens with one attached hydrogen (secondary N) is 1. The summed E-state index contributed by atoms with van der Waals surface area (Å²) in [6.07, 6.45) is 9.96. The Balaban J connectivity index is 0.000000968. The predicted molar refractivity (Wildman–Crippen MR) is 123 cm³/mol. The van der Waals surface area contributed by atoms with Crippen molar-refractivity contribution in [1.29, 1.82) is 5.26 Å². The van der Waals surface area contributed by atoms with Crippen LogP contribution in [0.4, 0.5) is 0 Å². The van der Waals surface area contributed by atoms with E-state index < -0.39 is 0 Å². The maximum Gasteiger partial charge on any atom is 0.373 e. The molecule has 1 aliphatic heterocycles. The van der Waals surface area contributed by atoms with E-state index in [0.29, 0.717) is 29.0 Å². The number of aromatic amines is 1. The number of aromatic nitrogens is 1. The van der Waals surface area contributed by atoms with Crippen LogP contribution in [-0.4, -0.2) is 30.1 Å². The summed E-state index contributed by atoms with van der Waals surface area (Å²) in [5.74, 6) is 0.554. The Morgan fingerprint density at radius 2 is 1.94 bits per heavy atom. The number of hydrogen-bond donors (Lipinski definition) is 1. The summed E-state index contributed by atoms with van der Waals surface area (Å²) in [6.45, 7) is 6.29. The summed E-state index contributed by atoms with van der Waals surface area (Å²) in [7, 11) is 0. The first-order valence-corrected chi connectivity index (χ1v) is 11.4. The van der Waals surface area contributed by atoms with Crippen molar-refractivity contribution in [3.63, 3.8) is 0 Å². The van der Waals surface area contributed by atoms with Crippen molar-refractivity contribution in [3.05, 3.63) is 64.5 Å². The maximum atomic E-state index is 12.9. The SMILES string of the molecule is CC1(C)CC=C(c2cc(C3CCOCC3)ccc2CC(=O)c2cc(C#N)c[nH]2)CC1.O=C=O. The number of ether oxygens (including phenoxy) is 1. The third kappa shape index (κ3) is 6.38. The molecule has 1 aromatic heterocycles. The fraction of sp³-hybridized carbons (Fsp3) is 0.444. The van der Waals surface area contributed by atoms with Crippen LogP contribution in [0.5, 0.6) is 0 Å². The standard InChI is InChI=1S/C26H30N2O2.CO2/c1-26(2)9-5-20(6-10-26)23-14-21(19-7-11-30-12-8-19)3-4-22(23)15-25(29)24-13-18(16-27)17-28-24;2-1-3/h3-5,13-14,17,19,28H,6-12,15H2,1-2H3;. The van der Waals surface area contributed by atoms with E-state index in [1.807, 2.05) is 0 Å². The predicted octanol–water partition coefficient (Wildman–Crippen LogP) is 5.22. The summed E-state index contributed by atoms with van der Waals surface area (Å²) in [5, 5.41) is 9.04. The molecule has 1 aromatic carbocycles. The number of carbonyl (C=O) groups excluding carboxylic acids is 3. The highest BCUT2D eigenvalue weighted by Crippen LogP contribution is 2.40. The summed E-state index contributed by atoms with van der Waals surface area (Å²) < 4.78 is 5.54. The van der Waals surface area contributed by atoms with E-state index in [0.717, 1.165) is 50.9 Å². The molecule has 0 bridgehead atoms. The second-order valence-corrected chi connectivity index (χ2v) is 9.50. The van der Waals surface area contributed by atoms with Gasteiger partial charge >= 0.3 is 6.15 Å². The summed E-state index contributed by atoms with van der Waals surface area (Å²) in [6, 6.07) is 10.4. The van der Waals surface area contributed by atoms with Crippen molar-refractivity contribution >= 4 is 17.5 Å². The van der Waals surface area contributed by atoms with Crippen LogP contribution in [0.15, 0.2) is 36.5 Å². The average Bonchev–Trinajstić information content (AvgIpc) is 3.30. The van der Waals surface area contributed by atoms with Gasteiger partial charge in [-0.3, -0.25) is 4.79 Å². The molecular weight excluding hydrogens is 416 g/mol. The van der Waals surface area contributed by atoms with Crippen molar-refractivity contribution in [2.24, 2.45) is 5.41 Å². The molecule has 4 rings (SSSR count). The van der Waals surface area contributed by atoms with Crippen LogP contribution in [0.3, 0.4) is 0 Å². The molecule has 172 valence electrons. The second kappa shape index (κ2) is 11.0. The first-order chi connectivity index (χ1) is 15.9. The van der Waals surface area contributed by atoms with Gasteiger partial charge in [0, 0.05) is 25.8 Å². The lowest BCUT2D eigenvalue weighted by Crippen LogP contribution is -2.16. The zero-order valence-corrected chi connectivity index (χ0v) is 19.3. The minimum atomic E-state index is 0.0216. The molecule has 33 heavy (non-hydrogen) atoms. The fourth-order valence-corrected chi connectivity index (χ4v) is 4.54. The third-order valence-corrected chi connectivity index (χ3v) is 6.61. The Morgan fingerprint density at radius 1 is 1.21 bits per heavy atom. The number of benzene rings is 1. The van der Waals surface area contributed by atoms with Crippen LogP contribution in [0.1, 0.15) is 84.6 Å². The first-order valence-electron chi connectivity index (χ1n) is 11.4. The number of nitriles is 1. The summed E-state index contributed by atoms with van der Waals surface area (Å²) >= 11 is 0. The lowest BCUT2D eigenvalue weighted by molar-refractivity contribution is -0.191. The van der Waals surface area contributed by atoms with Gasteiger partial charge in [-0.1, -0.05) is 38.1 Å². The van der Waals surface area contributed by atoms with Gasteiger partial charge in [-0.25, -0.2) is 0 Å². The number of Topliss-reactive ketones (excluding diaryl/α,β-unsaturated/α-hetero) is 1. The molecule has 1 N–H and O–H groups in total. The van der Waals surface area contributed by atoms with Crippen molar-refractivity contribution in [2.45, 2.75) is 58.3 Å². The molecule has 0 unspecified atom stereocenters. The number of carbonyl (C=O) groups is 1. The van der Waals surface area contributed by atoms with Gasteiger partial charge in [0.05, 0.1) is 11.3 Å². The fourth-order valence-electron chi connectivity index (χ4n) is 4.54. The van der Waals surface area contributed by atoms with Gasteiger partial charge in [-0.15, -0.1) is 0 Å². The Morgan fingerprint density at radius 3 is 2.55 bits per heavy atom. The Labute approximate surface area is 194 Å². The van der Waals surface area contributed by atoms with Crippen molar-refractivity contribution in [2.75, 3.05) is 13.2 Å². The number of allylic oxidation sites excluding steroid dienone is 2. The molecule has 0 atom stereocenters. The van der Waals surface area contributed by atoms with Crippen LogP contribution in [0, 0.1) is 16.7 Å². The maximum absolute atomic E-state index is 12.9. The van der Waals surface area contributed by atoms with Gasteiger partial charge in [0.25, 0.3) is 0 Å². The molecule has 2 aromatic rings.